The molecule has 1 aromatic carbocycles. The van der Waals surface area contributed by atoms with Crippen LogP contribution in [0.25, 0.3) is 0 Å². The van der Waals surface area contributed by atoms with E-state index < -0.39 is 9.84 Å². The topological polar surface area (TPSA) is 46.2 Å². The SMILES string of the molecule is CC1CC(C)CC(NCc2ccc(S(C)(=O)=O)cc2)C1. The molecule has 1 aromatic rings. The normalized spacial score (nSPS) is 27.4. The van der Waals surface area contributed by atoms with Crippen molar-refractivity contribution < 1.29 is 8.42 Å². The third-order valence-electron chi connectivity index (χ3n) is 4.12. The van der Waals surface area contributed by atoms with Gasteiger partial charge in [0.2, 0.25) is 0 Å². The summed E-state index contributed by atoms with van der Waals surface area (Å²) in [7, 11) is -3.09. The zero-order valence-electron chi connectivity index (χ0n) is 12.6. The van der Waals surface area contributed by atoms with Crippen LogP contribution in [0, 0.1) is 11.8 Å². The maximum Gasteiger partial charge on any atom is 0.175 e. The Morgan fingerprint density at radius 1 is 1.05 bits per heavy atom. The first kappa shape index (κ1) is 15.5. The highest BCUT2D eigenvalue weighted by Crippen LogP contribution is 2.28. The first-order chi connectivity index (χ1) is 9.34. The summed E-state index contributed by atoms with van der Waals surface area (Å²) in [6.45, 7) is 5.46. The molecule has 1 saturated carbocycles. The fourth-order valence-electron chi connectivity index (χ4n) is 3.23. The Balaban J connectivity index is 1.91. The summed E-state index contributed by atoms with van der Waals surface area (Å²) in [5.41, 5.74) is 1.14. The van der Waals surface area contributed by atoms with Crippen LogP contribution in [0.2, 0.25) is 0 Å². The number of hydrogen-bond acceptors (Lipinski definition) is 3. The van der Waals surface area contributed by atoms with E-state index >= 15 is 0 Å². The lowest BCUT2D eigenvalue weighted by Crippen LogP contribution is -2.35. The Hall–Kier alpha value is -0.870. The van der Waals surface area contributed by atoms with Crippen molar-refractivity contribution in [3.8, 4) is 0 Å². The quantitative estimate of drug-likeness (QED) is 0.929. The highest BCUT2D eigenvalue weighted by atomic mass is 32.2. The lowest BCUT2D eigenvalue weighted by molar-refractivity contribution is 0.238. The standard InChI is InChI=1S/C16H25NO2S/c1-12-8-13(2)10-15(9-12)17-11-14-4-6-16(7-5-14)20(3,18)19/h4-7,12-13,15,17H,8-11H2,1-3H3. The first-order valence-electron chi connectivity index (χ1n) is 7.37. The lowest BCUT2D eigenvalue weighted by atomic mass is 9.80. The molecule has 0 spiro atoms. The second kappa shape index (κ2) is 6.27. The van der Waals surface area contributed by atoms with Gasteiger partial charge in [0.15, 0.2) is 9.84 Å². The van der Waals surface area contributed by atoms with Crippen molar-refractivity contribution in [3.05, 3.63) is 29.8 Å². The molecule has 3 nitrogen and oxygen atoms in total. The van der Waals surface area contributed by atoms with Crippen LogP contribution >= 0.6 is 0 Å². The molecule has 0 radical (unpaired) electrons. The van der Waals surface area contributed by atoms with Crippen LogP contribution < -0.4 is 5.32 Å². The molecule has 1 aliphatic carbocycles. The molecular weight excluding hydrogens is 270 g/mol. The molecule has 0 aliphatic heterocycles. The van der Waals surface area contributed by atoms with Gasteiger partial charge in [0, 0.05) is 18.8 Å². The van der Waals surface area contributed by atoms with E-state index in [-0.39, 0.29) is 0 Å². The lowest BCUT2D eigenvalue weighted by Gasteiger charge is -2.32. The van der Waals surface area contributed by atoms with E-state index in [1.54, 1.807) is 12.1 Å². The fraction of sp³-hybridized carbons (Fsp3) is 0.625. The van der Waals surface area contributed by atoms with Crippen LogP contribution in [-0.4, -0.2) is 20.7 Å². The minimum absolute atomic E-state index is 0.390. The highest BCUT2D eigenvalue weighted by Gasteiger charge is 2.23. The summed E-state index contributed by atoms with van der Waals surface area (Å²) in [4.78, 5) is 0.390. The molecule has 4 heteroatoms. The summed E-state index contributed by atoms with van der Waals surface area (Å²) < 4.78 is 22.8. The molecule has 0 amide bonds. The van der Waals surface area contributed by atoms with Crippen molar-refractivity contribution in [2.75, 3.05) is 6.26 Å². The van der Waals surface area contributed by atoms with E-state index in [1.807, 2.05) is 12.1 Å². The van der Waals surface area contributed by atoms with Crippen LogP contribution in [0.3, 0.4) is 0 Å². The van der Waals surface area contributed by atoms with Crippen LogP contribution in [0.5, 0.6) is 0 Å². The van der Waals surface area contributed by atoms with E-state index in [4.69, 9.17) is 0 Å². The van der Waals surface area contributed by atoms with Crippen molar-refractivity contribution in [2.45, 2.75) is 50.6 Å². The van der Waals surface area contributed by atoms with Crippen molar-refractivity contribution >= 4 is 9.84 Å². The van der Waals surface area contributed by atoms with Crippen LogP contribution in [0.1, 0.15) is 38.7 Å². The maximum absolute atomic E-state index is 11.4. The van der Waals surface area contributed by atoms with Gasteiger partial charge >= 0.3 is 0 Å². The van der Waals surface area contributed by atoms with Crippen LogP contribution in [0.4, 0.5) is 0 Å². The highest BCUT2D eigenvalue weighted by molar-refractivity contribution is 7.90. The number of nitrogens with one attached hydrogen (secondary N) is 1. The molecule has 20 heavy (non-hydrogen) atoms. The van der Waals surface area contributed by atoms with Crippen molar-refractivity contribution in [1.82, 2.24) is 5.32 Å². The van der Waals surface area contributed by atoms with E-state index in [9.17, 15) is 8.42 Å². The molecule has 0 aromatic heterocycles. The van der Waals surface area contributed by atoms with E-state index in [0.29, 0.717) is 10.9 Å². The van der Waals surface area contributed by atoms with Crippen LogP contribution in [0.15, 0.2) is 29.2 Å². The van der Waals surface area contributed by atoms with Gasteiger partial charge < -0.3 is 5.32 Å². The molecule has 1 N–H and O–H groups in total. The van der Waals surface area contributed by atoms with Gasteiger partial charge in [-0.2, -0.15) is 0 Å². The van der Waals surface area contributed by atoms with Crippen molar-refractivity contribution in [3.63, 3.8) is 0 Å². The molecule has 2 rings (SSSR count). The third-order valence-corrected chi connectivity index (χ3v) is 5.25. The molecular formula is C16H25NO2S. The van der Waals surface area contributed by atoms with Crippen molar-refractivity contribution in [2.24, 2.45) is 11.8 Å². The second-order valence-corrected chi connectivity index (χ2v) is 8.43. The summed E-state index contributed by atoms with van der Waals surface area (Å²) in [5, 5.41) is 3.61. The average Bonchev–Trinajstić information content (AvgIpc) is 2.35. The van der Waals surface area contributed by atoms with Gasteiger partial charge in [0.05, 0.1) is 4.90 Å². The monoisotopic (exact) mass is 295 g/mol. The maximum atomic E-state index is 11.4. The Bertz CT molecular complexity index is 526. The van der Waals surface area contributed by atoms with Crippen molar-refractivity contribution in [1.29, 1.82) is 0 Å². The molecule has 1 fully saturated rings. The van der Waals surface area contributed by atoms with Gasteiger partial charge in [-0.1, -0.05) is 26.0 Å². The van der Waals surface area contributed by atoms with Gasteiger partial charge in [-0.15, -0.1) is 0 Å². The van der Waals surface area contributed by atoms with Gasteiger partial charge in [0.25, 0.3) is 0 Å². The Morgan fingerprint density at radius 2 is 1.60 bits per heavy atom. The summed E-state index contributed by atoms with van der Waals surface area (Å²) >= 11 is 0. The molecule has 112 valence electrons. The van der Waals surface area contributed by atoms with E-state index in [1.165, 1.54) is 25.5 Å². The number of sulfone groups is 1. The average molecular weight is 295 g/mol. The van der Waals surface area contributed by atoms with E-state index in [0.717, 1.165) is 23.9 Å². The Kier molecular flexibility index (Phi) is 4.86. The molecule has 0 heterocycles. The van der Waals surface area contributed by atoms with Gasteiger partial charge in [0.1, 0.15) is 0 Å². The Labute approximate surface area is 122 Å². The molecule has 2 atom stereocenters. The zero-order valence-corrected chi connectivity index (χ0v) is 13.4. The Morgan fingerprint density at radius 3 is 2.10 bits per heavy atom. The fourth-order valence-corrected chi connectivity index (χ4v) is 3.86. The van der Waals surface area contributed by atoms with Gasteiger partial charge in [-0.05, 0) is 48.8 Å². The number of benzene rings is 1. The van der Waals surface area contributed by atoms with Crippen LogP contribution in [-0.2, 0) is 16.4 Å². The largest absolute Gasteiger partial charge is 0.310 e. The second-order valence-electron chi connectivity index (χ2n) is 6.41. The number of hydrogen-bond donors (Lipinski definition) is 1. The zero-order chi connectivity index (χ0) is 14.8. The first-order valence-corrected chi connectivity index (χ1v) is 9.26. The summed E-state index contributed by atoms with van der Waals surface area (Å²) in [6.07, 6.45) is 5.06. The predicted octanol–water partition coefficient (Wildman–Crippen LogP) is 3.00. The molecule has 0 saturated heterocycles. The molecule has 1 aliphatic rings. The smallest absolute Gasteiger partial charge is 0.175 e. The van der Waals surface area contributed by atoms with E-state index in [2.05, 4.69) is 19.2 Å². The number of rotatable bonds is 4. The molecule has 2 unspecified atom stereocenters. The third kappa shape index (κ3) is 4.32. The van der Waals surface area contributed by atoms with Gasteiger partial charge in [-0.3, -0.25) is 0 Å². The summed E-state index contributed by atoms with van der Waals surface area (Å²) in [5.74, 6) is 1.59. The molecule has 0 bridgehead atoms. The summed E-state index contributed by atoms with van der Waals surface area (Å²) in [6, 6.07) is 7.78. The van der Waals surface area contributed by atoms with Gasteiger partial charge in [-0.25, -0.2) is 8.42 Å². The minimum atomic E-state index is -3.09. The predicted molar refractivity (Wildman–Crippen MR) is 82.4 cm³/mol. The minimum Gasteiger partial charge on any atom is -0.310 e.